The molecular formula is C22H15F2N3O4. The van der Waals surface area contributed by atoms with E-state index in [1.54, 1.807) is 0 Å². The molecule has 0 spiro atoms. The maximum absolute atomic E-state index is 13.6. The summed E-state index contributed by atoms with van der Waals surface area (Å²) in [4.78, 5) is 35.5. The molecular weight excluding hydrogens is 408 g/mol. The van der Waals surface area contributed by atoms with Gasteiger partial charge in [-0.1, -0.05) is 12.1 Å². The van der Waals surface area contributed by atoms with Crippen LogP contribution in [0.5, 0.6) is 5.75 Å². The molecule has 0 aromatic heterocycles. The number of ether oxygens (including phenoxy) is 1. The van der Waals surface area contributed by atoms with Crippen LogP contribution < -0.4 is 15.5 Å². The van der Waals surface area contributed by atoms with Crippen molar-refractivity contribution in [3.8, 4) is 5.75 Å². The summed E-state index contributed by atoms with van der Waals surface area (Å²) in [5.74, 6) is -3.79. The number of amides is 2. The van der Waals surface area contributed by atoms with Gasteiger partial charge in [-0.25, -0.2) is 19.0 Å². The quantitative estimate of drug-likeness (QED) is 0.216. The molecule has 0 radical (unpaired) electrons. The van der Waals surface area contributed by atoms with E-state index in [-0.39, 0.29) is 17.0 Å². The van der Waals surface area contributed by atoms with Gasteiger partial charge in [-0.2, -0.15) is 5.10 Å². The summed E-state index contributed by atoms with van der Waals surface area (Å²) in [5.41, 5.74) is 2.66. The summed E-state index contributed by atoms with van der Waals surface area (Å²) >= 11 is 0. The summed E-state index contributed by atoms with van der Waals surface area (Å²) in [6.07, 6.45) is 1.27. The van der Waals surface area contributed by atoms with E-state index in [9.17, 15) is 23.2 Å². The van der Waals surface area contributed by atoms with Gasteiger partial charge in [0, 0.05) is 5.69 Å². The zero-order chi connectivity index (χ0) is 22.2. The Bertz CT molecular complexity index is 1130. The number of carbonyl (C=O) groups excluding carboxylic acids is 3. The van der Waals surface area contributed by atoms with Gasteiger partial charge in [-0.05, 0) is 66.2 Å². The monoisotopic (exact) mass is 423 g/mol. The van der Waals surface area contributed by atoms with Gasteiger partial charge < -0.3 is 10.1 Å². The number of benzene rings is 3. The van der Waals surface area contributed by atoms with Crippen LogP contribution in [0.1, 0.15) is 15.9 Å². The van der Waals surface area contributed by atoms with Gasteiger partial charge in [-0.15, -0.1) is 0 Å². The lowest BCUT2D eigenvalue weighted by Crippen LogP contribution is -2.32. The molecule has 156 valence electrons. The van der Waals surface area contributed by atoms with Gasteiger partial charge in [-0.3, -0.25) is 9.59 Å². The maximum atomic E-state index is 13.6. The van der Waals surface area contributed by atoms with Crippen LogP contribution in [0.2, 0.25) is 0 Å². The average Bonchev–Trinajstić information content (AvgIpc) is 2.76. The molecule has 3 aromatic rings. The molecule has 0 fully saturated rings. The second-order valence-corrected chi connectivity index (χ2v) is 6.10. The first-order valence-corrected chi connectivity index (χ1v) is 8.89. The number of carbonyl (C=O) groups is 3. The summed E-state index contributed by atoms with van der Waals surface area (Å²) in [6.45, 7) is 0. The molecule has 0 saturated carbocycles. The molecule has 0 aliphatic carbocycles. The van der Waals surface area contributed by atoms with E-state index >= 15 is 0 Å². The van der Waals surface area contributed by atoms with Crippen molar-refractivity contribution < 1.29 is 27.9 Å². The number of esters is 1. The molecule has 0 atom stereocenters. The standard InChI is InChI=1S/C22H15F2N3O4/c23-15-7-9-16(10-8-15)26-20(28)21(29)27-25-13-14-5-11-17(12-6-14)31-22(30)18-3-1-2-4-19(18)24/h1-13H,(H,26,28)(H,27,29)/b25-13+. The highest BCUT2D eigenvalue weighted by molar-refractivity contribution is 6.39. The first-order chi connectivity index (χ1) is 14.9. The number of rotatable bonds is 5. The fourth-order valence-electron chi connectivity index (χ4n) is 2.35. The van der Waals surface area contributed by atoms with E-state index in [1.165, 1.54) is 60.8 Å². The number of nitrogens with one attached hydrogen (secondary N) is 2. The first-order valence-electron chi connectivity index (χ1n) is 8.89. The second-order valence-electron chi connectivity index (χ2n) is 6.10. The van der Waals surface area contributed by atoms with Crippen LogP contribution in [0.25, 0.3) is 0 Å². The topological polar surface area (TPSA) is 96.9 Å². The van der Waals surface area contributed by atoms with Crippen LogP contribution in [-0.2, 0) is 9.59 Å². The lowest BCUT2D eigenvalue weighted by atomic mass is 10.2. The van der Waals surface area contributed by atoms with Gasteiger partial charge in [0.15, 0.2) is 0 Å². The summed E-state index contributed by atoms with van der Waals surface area (Å²) in [5, 5.41) is 5.96. The van der Waals surface area contributed by atoms with E-state index in [1.807, 2.05) is 0 Å². The third-order valence-electron chi connectivity index (χ3n) is 3.87. The maximum Gasteiger partial charge on any atom is 0.346 e. The molecule has 0 bridgehead atoms. The molecule has 3 aromatic carbocycles. The van der Waals surface area contributed by atoms with E-state index < -0.39 is 29.4 Å². The number of hydrogen-bond donors (Lipinski definition) is 2. The molecule has 31 heavy (non-hydrogen) atoms. The third kappa shape index (κ3) is 6.04. The highest BCUT2D eigenvalue weighted by Gasteiger charge is 2.14. The molecule has 0 saturated heterocycles. The molecule has 0 unspecified atom stereocenters. The first kappa shape index (κ1) is 21.3. The highest BCUT2D eigenvalue weighted by atomic mass is 19.1. The summed E-state index contributed by atoms with van der Waals surface area (Å²) < 4.78 is 31.6. The van der Waals surface area contributed by atoms with Crippen molar-refractivity contribution in [3.63, 3.8) is 0 Å². The van der Waals surface area contributed by atoms with Crippen LogP contribution in [0, 0.1) is 11.6 Å². The van der Waals surface area contributed by atoms with Crippen molar-refractivity contribution in [2.75, 3.05) is 5.32 Å². The fourth-order valence-corrected chi connectivity index (χ4v) is 2.35. The number of anilines is 1. The van der Waals surface area contributed by atoms with Crippen LogP contribution in [0.4, 0.5) is 14.5 Å². The highest BCUT2D eigenvalue weighted by Crippen LogP contribution is 2.15. The van der Waals surface area contributed by atoms with Gasteiger partial charge in [0.2, 0.25) is 0 Å². The molecule has 0 aliphatic heterocycles. The largest absolute Gasteiger partial charge is 0.423 e. The van der Waals surface area contributed by atoms with Gasteiger partial charge >= 0.3 is 17.8 Å². The second kappa shape index (κ2) is 9.88. The summed E-state index contributed by atoms with van der Waals surface area (Å²) in [7, 11) is 0. The lowest BCUT2D eigenvalue weighted by molar-refractivity contribution is -0.136. The van der Waals surface area contributed by atoms with Gasteiger partial charge in [0.05, 0.1) is 11.8 Å². The Morgan fingerprint density at radius 3 is 2.19 bits per heavy atom. The van der Waals surface area contributed by atoms with Crippen molar-refractivity contribution in [2.24, 2.45) is 5.10 Å². The predicted molar refractivity (Wildman–Crippen MR) is 109 cm³/mol. The minimum absolute atomic E-state index is 0.185. The predicted octanol–water partition coefficient (Wildman–Crippen LogP) is 3.27. The molecule has 3 rings (SSSR count). The number of hydrogen-bond acceptors (Lipinski definition) is 5. The van der Waals surface area contributed by atoms with E-state index in [4.69, 9.17) is 4.74 Å². The van der Waals surface area contributed by atoms with E-state index in [0.717, 1.165) is 18.2 Å². The number of halogens is 2. The van der Waals surface area contributed by atoms with E-state index in [0.29, 0.717) is 5.56 Å². The lowest BCUT2D eigenvalue weighted by Gasteiger charge is -2.05. The van der Waals surface area contributed by atoms with Crippen LogP contribution >= 0.6 is 0 Å². The molecule has 9 heteroatoms. The average molecular weight is 423 g/mol. The minimum atomic E-state index is -1.02. The Labute approximate surface area is 175 Å². The Morgan fingerprint density at radius 1 is 0.839 bits per heavy atom. The Hall–Kier alpha value is -4.40. The van der Waals surface area contributed by atoms with Gasteiger partial charge in [0.25, 0.3) is 0 Å². The van der Waals surface area contributed by atoms with Crippen molar-refractivity contribution in [1.29, 1.82) is 0 Å². The van der Waals surface area contributed by atoms with E-state index in [2.05, 4.69) is 15.8 Å². The SMILES string of the molecule is O=C(N/N=C/c1ccc(OC(=O)c2ccccc2F)cc1)C(=O)Nc1ccc(F)cc1. The Balaban J connectivity index is 1.51. The molecule has 2 N–H and O–H groups in total. The van der Waals surface area contributed by atoms with Crippen molar-refractivity contribution in [1.82, 2.24) is 5.43 Å². The molecule has 0 aliphatic rings. The van der Waals surface area contributed by atoms with Crippen LogP contribution in [0.15, 0.2) is 77.9 Å². The summed E-state index contributed by atoms with van der Waals surface area (Å²) in [6, 6.07) is 16.4. The fraction of sp³-hybridized carbons (Fsp3) is 0. The smallest absolute Gasteiger partial charge is 0.346 e. The number of hydrazone groups is 1. The van der Waals surface area contributed by atoms with Crippen molar-refractivity contribution in [3.05, 3.63) is 95.6 Å². The third-order valence-corrected chi connectivity index (χ3v) is 3.87. The van der Waals surface area contributed by atoms with Crippen molar-refractivity contribution >= 4 is 29.7 Å². The number of nitrogens with zero attached hydrogens (tertiary/aromatic N) is 1. The minimum Gasteiger partial charge on any atom is -0.423 e. The van der Waals surface area contributed by atoms with Crippen molar-refractivity contribution in [2.45, 2.75) is 0 Å². The Kier molecular flexibility index (Phi) is 6.79. The van der Waals surface area contributed by atoms with Gasteiger partial charge in [0.1, 0.15) is 17.4 Å². The van der Waals surface area contributed by atoms with Crippen LogP contribution in [-0.4, -0.2) is 24.0 Å². The van der Waals surface area contributed by atoms with Crippen LogP contribution in [0.3, 0.4) is 0 Å². The zero-order valence-corrected chi connectivity index (χ0v) is 15.8. The zero-order valence-electron chi connectivity index (χ0n) is 15.8. The molecule has 7 nitrogen and oxygen atoms in total. The normalized spacial score (nSPS) is 10.5. The molecule has 0 heterocycles. The molecule has 2 amide bonds. The Morgan fingerprint density at radius 2 is 1.52 bits per heavy atom.